The second kappa shape index (κ2) is 6.23. The third-order valence-corrected chi connectivity index (χ3v) is 4.62. The average Bonchev–Trinajstić information content (AvgIpc) is 3.23. The highest BCUT2D eigenvalue weighted by atomic mass is 19.1. The number of ketones is 1. The molecule has 25 heavy (non-hydrogen) atoms. The summed E-state index contributed by atoms with van der Waals surface area (Å²) in [7, 11) is 0. The minimum atomic E-state index is -0.333. The van der Waals surface area contributed by atoms with Gasteiger partial charge in [0.15, 0.2) is 5.78 Å². The first-order valence-electron chi connectivity index (χ1n) is 8.34. The maximum atomic E-state index is 13.1. The van der Waals surface area contributed by atoms with Crippen LogP contribution in [0.1, 0.15) is 35.3 Å². The first-order valence-corrected chi connectivity index (χ1v) is 8.34. The van der Waals surface area contributed by atoms with Crippen LogP contribution < -0.4 is 4.90 Å². The molecule has 1 aromatic carbocycles. The molecule has 7 heteroatoms. The minimum Gasteiger partial charge on any atom is -0.353 e. The van der Waals surface area contributed by atoms with Crippen molar-refractivity contribution in [1.29, 1.82) is 0 Å². The van der Waals surface area contributed by atoms with Gasteiger partial charge in [0, 0.05) is 36.3 Å². The fourth-order valence-corrected chi connectivity index (χ4v) is 3.43. The molecule has 0 aliphatic carbocycles. The second-order valence-electron chi connectivity index (χ2n) is 6.35. The molecule has 128 valence electrons. The highest BCUT2D eigenvalue weighted by molar-refractivity contribution is 5.96. The van der Waals surface area contributed by atoms with E-state index < -0.39 is 0 Å². The Balaban J connectivity index is 1.61. The van der Waals surface area contributed by atoms with E-state index in [0.29, 0.717) is 17.8 Å². The Morgan fingerprint density at radius 1 is 1.32 bits per heavy atom. The summed E-state index contributed by atoms with van der Waals surface area (Å²) in [5.74, 6) is 1.16. The predicted molar refractivity (Wildman–Crippen MR) is 91.2 cm³/mol. The van der Waals surface area contributed by atoms with Gasteiger partial charge in [-0.3, -0.25) is 4.79 Å². The SMILES string of the molecule is Cc1cc(N2CCC[C@@H]2CC(=O)c2ccc(F)cc2)n2ncnc2n1. The smallest absolute Gasteiger partial charge is 0.254 e. The van der Waals surface area contributed by atoms with Crippen molar-refractivity contribution in [2.75, 3.05) is 11.4 Å². The van der Waals surface area contributed by atoms with E-state index in [4.69, 9.17) is 0 Å². The van der Waals surface area contributed by atoms with Crippen molar-refractivity contribution >= 4 is 17.4 Å². The molecular formula is C18H18FN5O. The van der Waals surface area contributed by atoms with Crippen LogP contribution in [0, 0.1) is 12.7 Å². The fraction of sp³-hybridized carbons (Fsp3) is 0.333. The molecular weight excluding hydrogens is 321 g/mol. The number of carbonyl (C=O) groups is 1. The van der Waals surface area contributed by atoms with Gasteiger partial charge >= 0.3 is 0 Å². The highest BCUT2D eigenvalue weighted by Gasteiger charge is 2.29. The van der Waals surface area contributed by atoms with Crippen molar-refractivity contribution in [3.8, 4) is 0 Å². The van der Waals surface area contributed by atoms with Gasteiger partial charge in [-0.1, -0.05) is 0 Å². The molecule has 0 spiro atoms. The van der Waals surface area contributed by atoms with Crippen LogP contribution in [0.25, 0.3) is 5.78 Å². The number of fused-ring (bicyclic) bond motifs is 1. The fourth-order valence-electron chi connectivity index (χ4n) is 3.43. The van der Waals surface area contributed by atoms with Gasteiger partial charge in [-0.15, -0.1) is 0 Å². The van der Waals surface area contributed by atoms with Crippen LogP contribution in [0.2, 0.25) is 0 Å². The number of Topliss-reactive ketones (excluding diaryl/α,β-unsaturated/α-hetero) is 1. The number of benzene rings is 1. The van der Waals surface area contributed by atoms with Crippen LogP contribution >= 0.6 is 0 Å². The number of anilines is 1. The zero-order valence-corrected chi connectivity index (χ0v) is 13.9. The summed E-state index contributed by atoms with van der Waals surface area (Å²) in [5.41, 5.74) is 1.41. The molecule has 2 aromatic heterocycles. The van der Waals surface area contributed by atoms with E-state index in [9.17, 15) is 9.18 Å². The van der Waals surface area contributed by atoms with Crippen LogP contribution in [-0.2, 0) is 0 Å². The lowest BCUT2D eigenvalue weighted by molar-refractivity contribution is 0.0974. The monoisotopic (exact) mass is 339 g/mol. The normalized spacial score (nSPS) is 17.4. The summed E-state index contributed by atoms with van der Waals surface area (Å²) in [4.78, 5) is 23.3. The zero-order valence-electron chi connectivity index (χ0n) is 13.9. The number of hydrogen-bond donors (Lipinski definition) is 0. The molecule has 1 saturated heterocycles. The molecule has 1 atom stereocenters. The Labute approximate surface area is 144 Å². The summed E-state index contributed by atoms with van der Waals surface area (Å²) in [5, 5.41) is 4.26. The van der Waals surface area contributed by atoms with Gasteiger partial charge in [0.25, 0.3) is 5.78 Å². The van der Waals surface area contributed by atoms with E-state index in [1.54, 1.807) is 16.6 Å². The highest BCUT2D eigenvalue weighted by Crippen LogP contribution is 2.28. The van der Waals surface area contributed by atoms with E-state index in [2.05, 4.69) is 20.0 Å². The van der Waals surface area contributed by atoms with Crippen molar-refractivity contribution in [3.63, 3.8) is 0 Å². The summed E-state index contributed by atoms with van der Waals surface area (Å²) in [6.45, 7) is 2.78. The Kier molecular flexibility index (Phi) is 3.91. The number of nitrogens with zero attached hydrogens (tertiary/aromatic N) is 5. The lowest BCUT2D eigenvalue weighted by atomic mass is 10.0. The number of carbonyl (C=O) groups excluding carboxylic acids is 1. The topological polar surface area (TPSA) is 63.4 Å². The molecule has 0 bridgehead atoms. The van der Waals surface area contributed by atoms with Crippen LogP contribution in [0.15, 0.2) is 36.7 Å². The van der Waals surface area contributed by atoms with Gasteiger partial charge < -0.3 is 4.90 Å². The van der Waals surface area contributed by atoms with Crippen molar-refractivity contribution < 1.29 is 9.18 Å². The average molecular weight is 339 g/mol. The lowest BCUT2D eigenvalue weighted by Gasteiger charge is -2.26. The van der Waals surface area contributed by atoms with E-state index in [-0.39, 0.29) is 17.6 Å². The van der Waals surface area contributed by atoms with Crippen LogP contribution in [0.4, 0.5) is 10.2 Å². The second-order valence-corrected chi connectivity index (χ2v) is 6.35. The molecule has 0 radical (unpaired) electrons. The molecule has 4 rings (SSSR count). The minimum absolute atomic E-state index is 0.0255. The lowest BCUT2D eigenvalue weighted by Crippen LogP contribution is -2.33. The van der Waals surface area contributed by atoms with Gasteiger partial charge in [0.1, 0.15) is 18.0 Å². The van der Waals surface area contributed by atoms with Crippen LogP contribution in [-0.4, -0.2) is 38.0 Å². The molecule has 6 nitrogen and oxygen atoms in total. The quantitative estimate of drug-likeness (QED) is 0.684. The van der Waals surface area contributed by atoms with E-state index in [0.717, 1.165) is 30.9 Å². The van der Waals surface area contributed by atoms with Gasteiger partial charge in [-0.2, -0.15) is 14.6 Å². The summed E-state index contributed by atoms with van der Waals surface area (Å²) in [6, 6.07) is 7.80. The van der Waals surface area contributed by atoms with E-state index >= 15 is 0 Å². The molecule has 1 fully saturated rings. The molecule has 0 N–H and O–H groups in total. The summed E-state index contributed by atoms with van der Waals surface area (Å²) in [6.07, 6.45) is 3.83. The zero-order chi connectivity index (χ0) is 17.4. The molecule has 3 heterocycles. The summed E-state index contributed by atoms with van der Waals surface area (Å²) >= 11 is 0. The maximum absolute atomic E-state index is 13.1. The Morgan fingerprint density at radius 3 is 2.92 bits per heavy atom. The molecule has 3 aromatic rings. The van der Waals surface area contributed by atoms with E-state index in [1.165, 1.54) is 18.5 Å². The molecule has 1 aliphatic rings. The third kappa shape index (κ3) is 2.97. The van der Waals surface area contributed by atoms with Gasteiger partial charge in [0.2, 0.25) is 0 Å². The number of halogens is 1. The molecule has 0 saturated carbocycles. The van der Waals surface area contributed by atoms with Crippen molar-refractivity contribution in [3.05, 3.63) is 53.7 Å². The largest absolute Gasteiger partial charge is 0.353 e. The molecule has 1 aliphatic heterocycles. The van der Waals surface area contributed by atoms with Gasteiger partial charge in [0.05, 0.1) is 0 Å². The standard InChI is InChI=1S/C18H18FN5O/c1-12-9-17(24-18(22-12)20-11-21-24)23-8-2-3-15(23)10-16(25)13-4-6-14(19)7-5-13/h4-7,9,11,15H,2-3,8,10H2,1H3/t15-/m1/s1. The number of aryl methyl sites for hydroxylation is 1. The van der Waals surface area contributed by atoms with Crippen LogP contribution in [0.3, 0.4) is 0 Å². The first kappa shape index (κ1) is 15.7. The van der Waals surface area contributed by atoms with Crippen LogP contribution in [0.5, 0.6) is 0 Å². The van der Waals surface area contributed by atoms with Gasteiger partial charge in [-0.05, 0) is 44.0 Å². The Morgan fingerprint density at radius 2 is 2.12 bits per heavy atom. The van der Waals surface area contributed by atoms with Crippen molar-refractivity contribution in [2.45, 2.75) is 32.2 Å². The summed E-state index contributed by atoms with van der Waals surface area (Å²) < 4.78 is 14.8. The predicted octanol–water partition coefficient (Wildman–Crippen LogP) is 2.81. The molecule has 0 amide bonds. The molecule has 0 unspecified atom stereocenters. The maximum Gasteiger partial charge on any atom is 0.254 e. The number of hydrogen-bond acceptors (Lipinski definition) is 5. The first-order chi connectivity index (χ1) is 12.1. The van der Waals surface area contributed by atoms with Crippen molar-refractivity contribution in [2.24, 2.45) is 0 Å². The Hall–Kier alpha value is -2.83. The number of aromatic nitrogens is 4. The number of rotatable bonds is 4. The van der Waals surface area contributed by atoms with Crippen molar-refractivity contribution in [1.82, 2.24) is 19.6 Å². The van der Waals surface area contributed by atoms with E-state index in [1.807, 2.05) is 13.0 Å². The Bertz CT molecular complexity index is 921. The van der Waals surface area contributed by atoms with Gasteiger partial charge in [-0.25, -0.2) is 9.37 Å². The third-order valence-electron chi connectivity index (χ3n) is 4.62.